The van der Waals surface area contributed by atoms with E-state index < -0.39 is 16.1 Å². The average molecular weight is 443 g/mol. The monoisotopic (exact) mass is 442 g/mol. The van der Waals surface area contributed by atoms with E-state index in [-0.39, 0.29) is 10.8 Å². The molecular weight excluding hydrogens is 424 g/mol. The predicted octanol–water partition coefficient (Wildman–Crippen LogP) is 3.37. The van der Waals surface area contributed by atoms with Crippen LogP contribution in [0.4, 0.5) is 0 Å². The molecule has 1 amide bonds. The highest BCUT2D eigenvalue weighted by Gasteiger charge is 2.37. The van der Waals surface area contributed by atoms with E-state index in [0.29, 0.717) is 19.5 Å². The van der Waals surface area contributed by atoms with Crippen LogP contribution in [0.2, 0.25) is 0 Å². The maximum absolute atomic E-state index is 12.9. The van der Waals surface area contributed by atoms with Gasteiger partial charge in [0.25, 0.3) is 0 Å². The molecule has 1 aliphatic rings. The third-order valence-corrected chi connectivity index (χ3v) is 7.78. The summed E-state index contributed by atoms with van der Waals surface area (Å²) < 4.78 is 28.2. The van der Waals surface area contributed by atoms with Gasteiger partial charge in [0.2, 0.25) is 15.9 Å². The molecule has 5 nitrogen and oxygen atoms in total. The Labute approximate surface area is 160 Å². The Morgan fingerprint density at radius 1 is 1.28 bits per heavy atom. The van der Waals surface area contributed by atoms with Crippen molar-refractivity contribution >= 4 is 43.2 Å². The molecule has 2 heterocycles. The van der Waals surface area contributed by atoms with Gasteiger partial charge in [-0.1, -0.05) is 24.6 Å². The lowest BCUT2D eigenvalue weighted by Crippen LogP contribution is -2.51. The second kappa shape index (κ2) is 7.99. The van der Waals surface area contributed by atoms with Crippen molar-refractivity contribution in [3.63, 3.8) is 0 Å². The zero-order chi connectivity index (χ0) is 17.9. The van der Waals surface area contributed by atoms with E-state index in [1.807, 2.05) is 11.4 Å². The van der Waals surface area contributed by atoms with Gasteiger partial charge in [-0.05, 0) is 47.0 Å². The lowest BCUT2D eigenvalue weighted by atomic mass is 10.0. The third kappa shape index (κ3) is 4.31. The highest BCUT2D eigenvalue weighted by atomic mass is 79.9. The topological polar surface area (TPSA) is 66.5 Å². The van der Waals surface area contributed by atoms with E-state index in [9.17, 15) is 13.2 Å². The summed E-state index contributed by atoms with van der Waals surface area (Å²) in [7, 11) is -3.67. The first kappa shape index (κ1) is 18.6. The molecule has 0 saturated carbocycles. The normalized spacial score (nSPS) is 18.8. The number of hydrogen-bond donors (Lipinski definition) is 1. The fourth-order valence-electron chi connectivity index (χ4n) is 2.92. The van der Waals surface area contributed by atoms with Crippen LogP contribution in [0.1, 0.15) is 24.1 Å². The van der Waals surface area contributed by atoms with E-state index in [1.54, 1.807) is 41.7 Å². The molecule has 1 fully saturated rings. The summed E-state index contributed by atoms with van der Waals surface area (Å²) in [5, 5.41) is 4.83. The first-order valence-corrected chi connectivity index (χ1v) is 11.2. The van der Waals surface area contributed by atoms with Gasteiger partial charge in [-0.15, -0.1) is 11.3 Å². The number of benzene rings is 1. The van der Waals surface area contributed by atoms with Crippen LogP contribution in [0.25, 0.3) is 0 Å². The number of nitrogens with one attached hydrogen (secondary N) is 1. The van der Waals surface area contributed by atoms with E-state index >= 15 is 0 Å². The molecule has 0 bridgehead atoms. The Hall–Kier alpha value is -1.22. The third-order valence-electron chi connectivity index (χ3n) is 4.16. The minimum Gasteiger partial charge on any atom is -0.350 e. The number of thiophene rings is 1. The Kier molecular flexibility index (Phi) is 5.93. The number of halogens is 1. The van der Waals surface area contributed by atoms with Crippen molar-refractivity contribution in [3.05, 3.63) is 51.1 Å². The van der Waals surface area contributed by atoms with Gasteiger partial charge < -0.3 is 5.32 Å². The minimum absolute atomic E-state index is 0.233. The van der Waals surface area contributed by atoms with Crippen LogP contribution in [0.15, 0.2) is 51.1 Å². The SMILES string of the molecule is O=C(NCc1cc(Br)cs1)C1CCCCN1S(=O)(=O)c1ccccc1. The van der Waals surface area contributed by atoms with Crippen molar-refractivity contribution < 1.29 is 13.2 Å². The smallest absolute Gasteiger partial charge is 0.243 e. The summed E-state index contributed by atoms with van der Waals surface area (Å²) >= 11 is 4.94. The molecule has 0 aliphatic carbocycles. The average Bonchev–Trinajstić information content (AvgIpc) is 3.06. The number of nitrogens with zero attached hydrogens (tertiary/aromatic N) is 1. The van der Waals surface area contributed by atoms with Crippen molar-refractivity contribution in [1.29, 1.82) is 0 Å². The number of sulfonamides is 1. The number of carbonyl (C=O) groups is 1. The van der Waals surface area contributed by atoms with Gasteiger partial charge >= 0.3 is 0 Å². The molecule has 1 aromatic carbocycles. The molecule has 1 unspecified atom stereocenters. The van der Waals surface area contributed by atoms with Crippen LogP contribution in [-0.4, -0.2) is 31.2 Å². The lowest BCUT2D eigenvalue weighted by Gasteiger charge is -2.33. The zero-order valence-corrected chi connectivity index (χ0v) is 16.7. The summed E-state index contributed by atoms with van der Waals surface area (Å²) in [5.41, 5.74) is 0. The molecule has 3 rings (SSSR count). The maximum Gasteiger partial charge on any atom is 0.243 e. The fraction of sp³-hybridized carbons (Fsp3) is 0.353. The van der Waals surface area contributed by atoms with Gasteiger partial charge in [0.15, 0.2) is 0 Å². The van der Waals surface area contributed by atoms with Crippen LogP contribution in [-0.2, 0) is 21.4 Å². The van der Waals surface area contributed by atoms with Gasteiger partial charge in [-0.2, -0.15) is 4.31 Å². The molecule has 134 valence electrons. The van der Waals surface area contributed by atoms with E-state index in [4.69, 9.17) is 0 Å². The van der Waals surface area contributed by atoms with Crippen LogP contribution in [0, 0.1) is 0 Å². The first-order chi connectivity index (χ1) is 12.0. The standard InChI is InChI=1S/C17H19BrN2O3S2/c18-13-10-14(24-12-13)11-19-17(21)16-8-4-5-9-20(16)25(22,23)15-6-2-1-3-7-15/h1-3,6-7,10,12,16H,4-5,8-9,11H2,(H,19,21). The van der Waals surface area contributed by atoms with Crippen LogP contribution < -0.4 is 5.32 Å². The van der Waals surface area contributed by atoms with E-state index in [0.717, 1.165) is 22.2 Å². The Morgan fingerprint density at radius 3 is 2.72 bits per heavy atom. The largest absolute Gasteiger partial charge is 0.350 e. The second-order valence-corrected chi connectivity index (χ2v) is 9.69. The van der Waals surface area contributed by atoms with Crippen LogP contribution >= 0.6 is 27.3 Å². The Balaban J connectivity index is 1.75. The van der Waals surface area contributed by atoms with Crippen molar-refractivity contribution in [2.24, 2.45) is 0 Å². The summed E-state index contributed by atoms with van der Waals surface area (Å²) in [6.07, 6.45) is 2.17. The molecule has 2 aromatic rings. The van der Waals surface area contributed by atoms with Gasteiger partial charge in [-0.25, -0.2) is 8.42 Å². The molecular formula is C17H19BrN2O3S2. The molecule has 1 aromatic heterocycles. The zero-order valence-electron chi connectivity index (χ0n) is 13.5. The van der Waals surface area contributed by atoms with E-state index in [2.05, 4.69) is 21.2 Å². The Morgan fingerprint density at radius 2 is 2.04 bits per heavy atom. The second-order valence-electron chi connectivity index (χ2n) is 5.89. The highest BCUT2D eigenvalue weighted by Crippen LogP contribution is 2.26. The molecule has 1 saturated heterocycles. The molecule has 0 spiro atoms. The fourth-order valence-corrected chi connectivity index (χ4v) is 5.99. The van der Waals surface area contributed by atoms with E-state index in [1.165, 1.54) is 4.31 Å². The minimum atomic E-state index is -3.67. The van der Waals surface area contributed by atoms with Crippen molar-refractivity contribution in [3.8, 4) is 0 Å². The molecule has 0 radical (unpaired) electrons. The summed E-state index contributed by atoms with van der Waals surface area (Å²) in [6.45, 7) is 0.782. The van der Waals surface area contributed by atoms with Crippen molar-refractivity contribution in [2.45, 2.75) is 36.7 Å². The van der Waals surface area contributed by atoms with Crippen LogP contribution in [0.5, 0.6) is 0 Å². The molecule has 1 N–H and O–H groups in total. The molecule has 8 heteroatoms. The van der Waals surface area contributed by atoms with Gasteiger partial charge in [-0.3, -0.25) is 4.79 Å². The molecule has 1 atom stereocenters. The number of hydrogen-bond acceptors (Lipinski definition) is 4. The maximum atomic E-state index is 12.9. The predicted molar refractivity (Wildman–Crippen MR) is 102 cm³/mol. The highest BCUT2D eigenvalue weighted by molar-refractivity contribution is 9.10. The lowest BCUT2D eigenvalue weighted by molar-refractivity contribution is -0.125. The number of rotatable bonds is 5. The molecule has 1 aliphatic heterocycles. The van der Waals surface area contributed by atoms with Crippen molar-refractivity contribution in [1.82, 2.24) is 9.62 Å². The first-order valence-electron chi connectivity index (χ1n) is 8.06. The van der Waals surface area contributed by atoms with Gasteiger partial charge in [0, 0.05) is 21.3 Å². The Bertz CT molecular complexity index is 837. The van der Waals surface area contributed by atoms with Gasteiger partial charge in [0.05, 0.1) is 11.4 Å². The van der Waals surface area contributed by atoms with Crippen LogP contribution in [0.3, 0.4) is 0 Å². The van der Waals surface area contributed by atoms with Gasteiger partial charge in [0.1, 0.15) is 6.04 Å². The molecule has 25 heavy (non-hydrogen) atoms. The summed E-state index contributed by atoms with van der Waals surface area (Å²) in [4.78, 5) is 13.9. The quantitative estimate of drug-likeness (QED) is 0.771. The number of carbonyl (C=O) groups excluding carboxylic acids is 1. The summed E-state index contributed by atoms with van der Waals surface area (Å²) in [5.74, 6) is -0.233. The summed E-state index contributed by atoms with van der Waals surface area (Å²) in [6, 6.07) is 9.61. The number of amides is 1. The van der Waals surface area contributed by atoms with Crippen molar-refractivity contribution in [2.75, 3.05) is 6.54 Å². The number of piperidine rings is 1.